The fourth-order valence-electron chi connectivity index (χ4n) is 1.62. The van der Waals surface area contributed by atoms with E-state index in [2.05, 4.69) is 31.2 Å². The molecule has 0 radical (unpaired) electrons. The number of hydrogen-bond acceptors (Lipinski definition) is 4. The summed E-state index contributed by atoms with van der Waals surface area (Å²) in [5, 5.41) is 12.2. The van der Waals surface area contributed by atoms with E-state index >= 15 is 0 Å². The first kappa shape index (κ1) is 13.5. The minimum atomic E-state index is -1.01. The molecule has 0 saturated heterocycles. The first-order valence-corrected chi connectivity index (χ1v) is 6.39. The van der Waals surface area contributed by atoms with E-state index in [0.29, 0.717) is 16.8 Å². The van der Waals surface area contributed by atoms with Gasteiger partial charge in [-0.15, -0.1) is 0 Å². The van der Waals surface area contributed by atoms with Crippen molar-refractivity contribution in [3.63, 3.8) is 0 Å². The molecular formula is C13H12BrN3O2. The van der Waals surface area contributed by atoms with Crippen LogP contribution in [0.15, 0.2) is 35.2 Å². The number of rotatable bonds is 4. The standard InChI is InChI=1S/C13H12BrN3O2/c1-8-5-15-3-2-9(8)6-16-12-11(13(18)19)4-10(14)7-17-12/h2-5,7H,6H2,1H3,(H,16,17)(H,18,19). The number of nitrogens with one attached hydrogen (secondary N) is 1. The number of carbonyl (C=O) groups is 1. The van der Waals surface area contributed by atoms with Gasteiger partial charge in [-0.2, -0.15) is 0 Å². The van der Waals surface area contributed by atoms with Gasteiger partial charge >= 0.3 is 5.97 Å². The van der Waals surface area contributed by atoms with Crippen molar-refractivity contribution >= 4 is 27.7 Å². The molecule has 0 bridgehead atoms. The first-order chi connectivity index (χ1) is 9.08. The molecule has 98 valence electrons. The van der Waals surface area contributed by atoms with E-state index in [1.165, 1.54) is 6.07 Å². The summed E-state index contributed by atoms with van der Waals surface area (Å²) in [4.78, 5) is 19.2. The highest BCUT2D eigenvalue weighted by Gasteiger charge is 2.12. The Balaban J connectivity index is 2.20. The lowest BCUT2D eigenvalue weighted by molar-refractivity contribution is 0.0697. The predicted octanol–water partition coefficient (Wildman–Crippen LogP) is 2.86. The summed E-state index contributed by atoms with van der Waals surface area (Å²) in [6.45, 7) is 2.46. The van der Waals surface area contributed by atoms with Gasteiger partial charge in [0.15, 0.2) is 0 Å². The zero-order chi connectivity index (χ0) is 13.8. The Kier molecular flexibility index (Phi) is 4.11. The zero-order valence-corrected chi connectivity index (χ0v) is 11.8. The molecule has 2 heterocycles. The van der Waals surface area contributed by atoms with E-state index in [4.69, 9.17) is 5.11 Å². The Bertz CT molecular complexity index is 617. The number of aryl methyl sites for hydroxylation is 1. The van der Waals surface area contributed by atoms with Crippen molar-refractivity contribution in [1.29, 1.82) is 0 Å². The van der Waals surface area contributed by atoms with Crippen molar-refractivity contribution in [1.82, 2.24) is 9.97 Å². The smallest absolute Gasteiger partial charge is 0.339 e. The van der Waals surface area contributed by atoms with Crippen LogP contribution in [0.5, 0.6) is 0 Å². The van der Waals surface area contributed by atoms with Gasteiger partial charge in [-0.25, -0.2) is 9.78 Å². The van der Waals surface area contributed by atoms with Crippen LogP contribution in [0.1, 0.15) is 21.5 Å². The second-order valence-corrected chi connectivity index (χ2v) is 4.93. The molecule has 0 aliphatic carbocycles. The number of pyridine rings is 2. The van der Waals surface area contributed by atoms with Crippen LogP contribution in [-0.2, 0) is 6.54 Å². The highest BCUT2D eigenvalue weighted by Crippen LogP contribution is 2.19. The van der Waals surface area contributed by atoms with Crippen LogP contribution in [0.4, 0.5) is 5.82 Å². The van der Waals surface area contributed by atoms with Gasteiger partial charge in [0, 0.05) is 29.6 Å². The molecule has 2 aromatic rings. The fourth-order valence-corrected chi connectivity index (χ4v) is 1.95. The third-order valence-electron chi connectivity index (χ3n) is 2.67. The van der Waals surface area contributed by atoms with Gasteiger partial charge in [0.25, 0.3) is 0 Å². The fraction of sp³-hybridized carbons (Fsp3) is 0.154. The quantitative estimate of drug-likeness (QED) is 0.905. The topological polar surface area (TPSA) is 75.1 Å². The Morgan fingerprint density at radius 2 is 2.26 bits per heavy atom. The molecular weight excluding hydrogens is 310 g/mol. The zero-order valence-electron chi connectivity index (χ0n) is 10.2. The summed E-state index contributed by atoms with van der Waals surface area (Å²) in [5.41, 5.74) is 2.24. The maximum absolute atomic E-state index is 11.1. The Hall–Kier alpha value is -1.95. The van der Waals surface area contributed by atoms with Crippen LogP contribution in [0, 0.1) is 6.92 Å². The third-order valence-corrected chi connectivity index (χ3v) is 3.10. The summed E-state index contributed by atoms with van der Waals surface area (Å²) in [6.07, 6.45) is 5.04. The molecule has 6 heteroatoms. The SMILES string of the molecule is Cc1cnccc1CNc1ncc(Br)cc1C(=O)O. The average Bonchev–Trinajstić information content (AvgIpc) is 2.38. The molecule has 0 aromatic carbocycles. The van der Waals surface area contributed by atoms with Crippen molar-refractivity contribution in [3.8, 4) is 0 Å². The molecule has 2 aromatic heterocycles. The lowest BCUT2D eigenvalue weighted by Gasteiger charge is -2.10. The van der Waals surface area contributed by atoms with Crippen LogP contribution in [0.2, 0.25) is 0 Å². The van der Waals surface area contributed by atoms with E-state index in [9.17, 15) is 4.79 Å². The summed E-state index contributed by atoms with van der Waals surface area (Å²) >= 11 is 3.21. The molecule has 0 amide bonds. The monoisotopic (exact) mass is 321 g/mol. The molecule has 0 aliphatic heterocycles. The maximum Gasteiger partial charge on any atom is 0.339 e. The van der Waals surface area contributed by atoms with Crippen molar-refractivity contribution in [3.05, 3.63) is 51.9 Å². The highest BCUT2D eigenvalue weighted by atomic mass is 79.9. The van der Waals surface area contributed by atoms with Crippen LogP contribution in [0.25, 0.3) is 0 Å². The Morgan fingerprint density at radius 1 is 1.47 bits per heavy atom. The number of halogens is 1. The molecule has 0 spiro atoms. The van der Waals surface area contributed by atoms with E-state index in [1.807, 2.05) is 13.0 Å². The summed E-state index contributed by atoms with van der Waals surface area (Å²) < 4.78 is 0.635. The minimum Gasteiger partial charge on any atom is -0.478 e. The lowest BCUT2D eigenvalue weighted by Crippen LogP contribution is -2.09. The van der Waals surface area contributed by atoms with E-state index in [0.717, 1.165) is 11.1 Å². The molecule has 0 unspecified atom stereocenters. The summed E-state index contributed by atoms with van der Waals surface area (Å²) in [5.74, 6) is -0.658. The van der Waals surface area contributed by atoms with Gasteiger partial charge in [-0.1, -0.05) is 0 Å². The number of carboxylic acid groups (broad SMARTS) is 1. The second-order valence-electron chi connectivity index (χ2n) is 4.01. The number of nitrogens with zero attached hydrogens (tertiary/aromatic N) is 2. The second kappa shape index (κ2) is 5.79. The lowest BCUT2D eigenvalue weighted by atomic mass is 10.1. The van der Waals surface area contributed by atoms with Crippen molar-refractivity contribution in [2.75, 3.05) is 5.32 Å². The highest BCUT2D eigenvalue weighted by molar-refractivity contribution is 9.10. The van der Waals surface area contributed by atoms with Gasteiger partial charge in [0.1, 0.15) is 11.4 Å². The predicted molar refractivity (Wildman–Crippen MR) is 75.2 cm³/mol. The van der Waals surface area contributed by atoms with Crippen LogP contribution in [0.3, 0.4) is 0 Å². The van der Waals surface area contributed by atoms with Gasteiger partial charge in [-0.3, -0.25) is 4.98 Å². The van der Waals surface area contributed by atoms with E-state index < -0.39 is 5.97 Å². The van der Waals surface area contributed by atoms with Gasteiger partial charge in [0.2, 0.25) is 0 Å². The molecule has 0 fully saturated rings. The van der Waals surface area contributed by atoms with Crippen LogP contribution in [-0.4, -0.2) is 21.0 Å². The number of aromatic nitrogens is 2. The molecule has 0 aliphatic rings. The average molecular weight is 322 g/mol. The van der Waals surface area contributed by atoms with Crippen molar-refractivity contribution in [2.24, 2.45) is 0 Å². The number of hydrogen-bond donors (Lipinski definition) is 2. The van der Waals surface area contributed by atoms with Gasteiger partial charge < -0.3 is 10.4 Å². The molecule has 19 heavy (non-hydrogen) atoms. The Labute approximate surface area is 118 Å². The van der Waals surface area contributed by atoms with Gasteiger partial charge in [-0.05, 0) is 46.1 Å². The van der Waals surface area contributed by atoms with E-state index in [1.54, 1.807) is 18.6 Å². The Morgan fingerprint density at radius 3 is 2.95 bits per heavy atom. The normalized spacial score (nSPS) is 10.2. The van der Waals surface area contributed by atoms with Crippen molar-refractivity contribution < 1.29 is 9.90 Å². The summed E-state index contributed by atoms with van der Waals surface area (Å²) in [6, 6.07) is 3.42. The molecule has 0 saturated carbocycles. The van der Waals surface area contributed by atoms with Crippen LogP contribution < -0.4 is 5.32 Å². The number of carboxylic acids is 1. The van der Waals surface area contributed by atoms with Crippen LogP contribution >= 0.6 is 15.9 Å². The maximum atomic E-state index is 11.1. The molecule has 2 rings (SSSR count). The van der Waals surface area contributed by atoms with E-state index in [-0.39, 0.29) is 5.56 Å². The molecule has 5 nitrogen and oxygen atoms in total. The van der Waals surface area contributed by atoms with Gasteiger partial charge in [0.05, 0.1) is 0 Å². The molecule has 2 N–H and O–H groups in total. The first-order valence-electron chi connectivity index (χ1n) is 5.60. The molecule has 0 atom stereocenters. The summed E-state index contributed by atoms with van der Waals surface area (Å²) in [7, 11) is 0. The minimum absolute atomic E-state index is 0.140. The number of aromatic carboxylic acids is 1. The van der Waals surface area contributed by atoms with Crippen molar-refractivity contribution in [2.45, 2.75) is 13.5 Å². The third kappa shape index (κ3) is 3.29. The number of anilines is 1. The largest absolute Gasteiger partial charge is 0.478 e.